The first-order valence-corrected chi connectivity index (χ1v) is 9.86. The molecule has 1 atom stereocenters. The Labute approximate surface area is 159 Å². The van der Waals surface area contributed by atoms with Crippen LogP contribution in [0.25, 0.3) is 0 Å². The number of ether oxygens (including phenoxy) is 1. The summed E-state index contributed by atoms with van der Waals surface area (Å²) in [6.07, 6.45) is 9.45. The summed E-state index contributed by atoms with van der Waals surface area (Å²) in [5.41, 5.74) is 1.17. The first kappa shape index (κ1) is 18.0. The SMILES string of the molecule is O=C(Cn1nccc1[C@@H]1CCCNC1)N1CCC(Oc2cccnc2)CC1. The number of nitrogens with one attached hydrogen (secondary N) is 1. The number of nitrogens with zero attached hydrogens (tertiary/aromatic N) is 4. The van der Waals surface area contributed by atoms with E-state index in [2.05, 4.69) is 21.5 Å². The average Bonchev–Trinajstić information content (AvgIpc) is 3.18. The number of likely N-dealkylation sites (tertiary alicyclic amines) is 1. The normalized spacial score (nSPS) is 21.2. The fourth-order valence-electron chi connectivity index (χ4n) is 3.99. The number of piperidine rings is 2. The molecule has 0 bridgehead atoms. The highest BCUT2D eigenvalue weighted by Gasteiger charge is 2.26. The van der Waals surface area contributed by atoms with E-state index < -0.39 is 0 Å². The maximum atomic E-state index is 12.8. The zero-order chi connectivity index (χ0) is 18.5. The van der Waals surface area contributed by atoms with Gasteiger partial charge in [-0.2, -0.15) is 5.10 Å². The molecule has 1 N–H and O–H groups in total. The average molecular weight is 369 g/mol. The van der Waals surface area contributed by atoms with Crippen LogP contribution in [0.5, 0.6) is 5.75 Å². The van der Waals surface area contributed by atoms with Crippen molar-refractivity contribution >= 4 is 5.91 Å². The minimum absolute atomic E-state index is 0.142. The summed E-state index contributed by atoms with van der Waals surface area (Å²) in [6.45, 7) is 3.83. The predicted molar refractivity (Wildman–Crippen MR) is 102 cm³/mol. The number of hydrogen-bond donors (Lipinski definition) is 1. The van der Waals surface area contributed by atoms with Crippen LogP contribution in [0.3, 0.4) is 0 Å². The lowest BCUT2D eigenvalue weighted by Gasteiger charge is -2.32. The van der Waals surface area contributed by atoms with E-state index in [4.69, 9.17) is 4.74 Å². The summed E-state index contributed by atoms with van der Waals surface area (Å²) in [5.74, 6) is 1.39. The second kappa shape index (κ2) is 8.52. The number of hydrogen-bond acceptors (Lipinski definition) is 5. The van der Waals surface area contributed by atoms with Crippen molar-refractivity contribution in [1.29, 1.82) is 0 Å². The summed E-state index contributed by atoms with van der Waals surface area (Å²) in [5, 5.41) is 7.84. The van der Waals surface area contributed by atoms with Gasteiger partial charge in [0.05, 0.1) is 6.20 Å². The molecule has 0 radical (unpaired) electrons. The van der Waals surface area contributed by atoms with Gasteiger partial charge >= 0.3 is 0 Å². The van der Waals surface area contributed by atoms with E-state index in [-0.39, 0.29) is 12.0 Å². The van der Waals surface area contributed by atoms with Crippen molar-refractivity contribution in [3.05, 3.63) is 42.5 Å². The van der Waals surface area contributed by atoms with Crippen LogP contribution in [0.2, 0.25) is 0 Å². The Morgan fingerprint density at radius 3 is 2.85 bits per heavy atom. The minimum Gasteiger partial charge on any atom is -0.489 e. The van der Waals surface area contributed by atoms with Crippen molar-refractivity contribution < 1.29 is 9.53 Å². The Hall–Kier alpha value is -2.41. The summed E-state index contributed by atoms with van der Waals surface area (Å²) in [7, 11) is 0. The van der Waals surface area contributed by atoms with E-state index in [9.17, 15) is 4.79 Å². The molecule has 7 heteroatoms. The maximum Gasteiger partial charge on any atom is 0.244 e. The van der Waals surface area contributed by atoms with Gasteiger partial charge in [0, 0.05) is 56.5 Å². The Morgan fingerprint density at radius 2 is 2.11 bits per heavy atom. The fraction of sp³-hybridized carbons (Fsp3) is 0.550. The van der Waals surface area contributed by atoms with Crippen LogP contribution < -0.4 is 10.1 Å². The highest BCUT2D eigenvalue weighted by molar-refractivity contribution is 5.76. The second-order valence-electron chi connectivity index (χ2n) is 7.34. The lowest BCUT2D eigenvalue weighted by atomic mass is 9.96. The van der Waals surface area contributed by atoms with Gasteiger partial charge in [-0.1, -0.05) is 0 Å². The molecule has 4 rings (SSSR count). The van der Waals surface area contributed by atoms with Crippen LogP contribution in [0.4, 0.5) is 0 Å². The maximum absolute atomic E-state index is 12.8. The fourth-order valence-corrected chi connectivity index (χ4v) is 3.99. The van der Waals surface area contributed by atoms with Crippen LogP contribution >= 0.6 is 0 Å². The van der Waals surface area contributed by atoms with E-state index in [1.807, 2.05) is 27.9 Å². The van der Waals surface area contributed by atoms with Crippen LogP contribution in [0.15, 0.2) is 36.8 Å². The third kappa shape index (κ3) is 4.47. The molecule has 0 saturated carbocycles. The van der Waals surface area contributed by atoms with Crippen molar-refractivity contribution in [2.45, 2.75) is 44.2 Å². The lowest BCUT2D eigenvalue weighted by molar-refractivity contribution is -0.133. The summed E-state index contributed by atoms with van der Waals surface area (Å²) >= 11 is 0. The third-order valence-corrected chi connectivity index (χ3v) is 5.48. The van der Waals surface area contributed by atoms with Crippen LogP contribution in [0, 0.1) is 0 Å². The number of rotatable bonds is 5. The molecule has 2 aliphatic heterocycles. The van der Waals surface area contributed by atoms with Crippen molar-refractivity contribution in [3.63, 3.8) is 0 Å². The first-order valence-electron chi connectivity index (χ1n) is 9.86. The number of carbonyl (C=O) groups is 1. The summed E-state index contributed by atoms with van der Waals surface area (Å²) in [6, 6.07) is 5.85. The smallest absolute Gasteiger partial charge is 0.244 e. The molecule has 2 aliphatic rings. The quantitative estimate of drug-likeness (QED) is 0.870. The van der Waals surface area contributed by atoms with Gasteiger partial charge in [0.15, 0.2) is 0 Å². The van der Waals surface area contributed by atoms with Gasteiger partial charge < -0.3 is 15.0 Å². The molecule has 7 nitrogen and oxygen atoms in total. The Balaban J connectivity index is 1.29. The van der Waals surface area contributed by atoms with E-state index >= 15 is 0 Å². The van der Waals surface area contributed by atoms with E-state index in [0.29, 0.717) is 12.5 Å². The third-order valence-electron chi connectivity index (χ3n) is 5.48. The van der Waals surface area contributed by atoms with Gasteiger partial charge in [0.2, 0.25) is 5.91 Å². The van der Waals surface area contributed by atoms with Gasteiger partial charge in [-0.05, 0) is 37.6 Å². The van der Waals surface area contributed by atoms with Gasteiger partial charge in [-0.25, -0.2) is 0 Å². The largest absolute Gasteiger partial charge is 0.489 e. The monoisotopic (exact) mass is 369 g/mol. The summed E-state index contributed by atoms with van der Waals surface area (Å²) in [4.78, 5) is 18.8. The molecule has 1 amide bonds. The molecule has 2 saturated heterocycles. The minimum atomic E-state index is 0.142. The predicted octanol–water partition coefficient (Wildman–Crippen LogP) is 1.82. The number of pyridine rings is 1. The Kier molecular flexibility index (Phi) is 5.67. The van der Waals surface area contributed by atoms with Crippen molar-refractivity contribution in [1.82, 2.24) is 25.0 Å². The van der Waals surface area contributed by atoms with Crippen LogP contribution in [-0.4, -0.2) is 57.9 Å². The zero-order valence-electron chi connectivity index (χ0n) is 15.6. The Bertz CT molecular complexity index is 734. The molecule has 0 aromatic carbocycles. The number of carbonyl (C=O) groups excluding carboxylic acids is 1. The van der Waals surface area contributed by atoms with Gasteiger partial charge in [0.25, 0.3) is 0 Å². The van der Waals surface area contributed by atoms with E-state index in [1.165, 1.54) is 12.1 Å². The molecular weight excluding hydrogens is 342 g/mol. The van der Waals surface area contributed by atoms with Crippen LogP contribution in [0.1, 0.15) is 37.3 Å². The topological polar surface area (TPSA) is 72.3 Å². The molecule has 0 aliphatic carbocycles. The van der Waals surface area contributed by atoms with Gasteiger partial charge in [-0.15, -0.1) is 0 Å². The van der Waals surface area contributed by atoms with Crippen molar-refractivity contribution in [2.24, 2.45) is 0 Å². The van der Waals surface area contributed by atoms with E-state index in [0.717, 1.165) is 51.2 Å². The highest BCUT2D eigenvalue weighted by Crippen LogP contribution is 2.23. The van der Waals surface area contributed by atoms with Crippen molar-refractivity contribution in [3.8, 4) is 5.75 Å². The standard InChI is InChI=1S/C20H27N5O2/c26-20(15-25-19(5-10-23-25)16-3-1-8-21-13-16)24-11-6-17(7-12-24)27-18-4-2-9-22-14-18/h2,4-5,9-10,14,16-17,21H,1,3,6-8,11-13,15H2/t16-/m1/s1. The Morgan fingerprint density at radius 1 is 1.22 bits per heavy atom. The van der Waals surface area contributed by atoms with Crippen molar-refractivity contribution in [2.75, 3.05) is 26.2 Å². The van der Waals surface area contributed by atoms with E-state index in [1.54, 1.807) is 12.4 Å². The molecule has 0 unspecified atom stereocenters. The van der Waals surface area contributed by atoms with Crippen LogP contribution in [-0.2, 0) is 11.3 Å². The van der Waals surface area contributed by atoms with Gasteiger partial charge in [-0.3, -0.25) is 14.5 Å². The second-order valence-corrected chi connectivity index (χ2v) is 7.34. The number of aromatic nitrogens is 3. The zero-order valence-corrected chi connectivity index (χ0v) is 15.6. The molecule has 2 aromatic rings. The summed E-state index contributed by atoms with van der Waals surface area (Å²) < 4.78 is 7.85. The molecule has 2 aromatic heterocycles. The molecule has 27 heavy (non-hydrogen) atoms. The molecule has 2 fully saturated rings. The lowest BCUT2D eigenvalue weighted by Crippen LogP contribution is -2.43. The molecule has 4 heterocycles. The highest BCUT2D eigenvalue weighted by atomic mass is 16.5. The molecular formula is C20H27N5O2. The molecule has 0 spiro atoms. The van der Waals surface area contributed by atoms with Gasteiger partial charge in [0.1, 0.15) is 18.4 Å². The molecule has 144 valence electrons. The number of amides is 1. The first-order chi connectivity index (χ1) is 13.3.